The predicted octanol–water partition coefficient (Wildman–Crippen LogP) is -0.0907. The Morgan fingerprint density at radius 3 is 2.38 bits per heavy atom. The SMILES string of the molecule is CNc1ccc(N2CC(=O)NS2(=O)=O)cc1. The first-order valence-corrected chi connectivity index (χ1v) is 6.08. The monoisotopic (exact) mass is 241 g/mol. The minimum absolute atomic E-state index is 0.165. The van der Waals surface area contributed by atoms with Gasteiger partial charge in [-0.2, -0.15) is 8.42 Å². The van der Waals surface area contributed by atoms with Gasteiger partial charge in [-0.25, -0.2) is 9.03 Å². The first-order chi connectivity index (χ1) is 7.53. The van der Waals surface area contributed by atoms with E-state index in [2.05, 4.69) is 5.32 Å². The van der Waals surface area contributed by atoms with Gasteiger partial charge in [0.1, 0.15) is 6.54 Å². The molecule has 1 heterocycles. The van der Waals surface area contributed by atoms with Crippen molar-refractivity contribution >= 4 is 27.5 Å². The summed E-state index contributed by atoms with van der Waals surface area (Å²) in [6, 6.07) is 6.77. The van der Waals surface area contributed by atoms with Crippen LogP contribution in [0.5, 0.6) is 0 Å². The zero-order chi connectivity index (χ0) is 11.8. The molecule has 86 valence electrons. The van der Waals surface area contributed by atoms with Gasteiger partial charge in [0.15, 0.2) is 0 Å². The minimum atomic E-state index is -3.70. The summed E-state index contributed by atoms with van der Waals surface area (Å²) in [5.74, 6) is -0.516. The lowest BCUT2D eigenvalue weighted by molar-refractivity contribution is -0.117. The smallest absolute Gasteiger partial charge is 0.326 e. The van der Waals surface area contributed by atoms with E-state index >= 15 is 0 Å². The average Bonchev–Trinajstić information content (AvgIpc) is 2.52. The van der Waals surface area contributed by atoms with Crippen molar-refractivity contribution in [2.24, 2.45) is 0 Å². The number of nitrogens with one attached hydrogen (secondary N) is 2. The number of nitrogens with zero attached hydrogens (tertiary/aromatic N) is 1. The Hall–Kier alpha value is -1.76. The molecule has 7 heteroatoms. The zero-order valence-electron chi connectivity index (χ0n) is 8.60. The molecule has 1 aliphatic rings. The van der Waals surface area contributed by atoms with Crippen LogP contribution in [0.2, 0.25) is 0 Å². The molecule has 0 radical (unpaired) electrons. The van der Waals surface area contributed by atoms with E-state index in [1.54, 1.807) is 31.3 Å². The molecular weight excluding hydrogens is 230 g/mol. The summed E-state index contributed by atoms with van der Waals surface area (Å²) in [5, 5.41) is 2.92. The molecule has 1 amide bonds. The highest BCUT2D eigenvalue weighted by Gasteiger charge is 2.33. The first-order valence-electron chi connectivity index (χ1n) is 4.64. The van der Waals surface area contributed by atoms with Crippen LogP contribution in [0, 0.1) is 0 Å². The molecule has 1 aromatic rings. The number of carbonyl (C=O) groups excluding carboxylic acids is 1. The van der Waals surface area contributed by atoms with Crippen LogP contribution < -0.4 is 14.3 Å². The standard InChI is InChI=1S/C9H11N3O3S/c1-10-7-2-4-8(5-3-7)12-6-9(13)11-16(12,14)15/h2-5,10H,6H2,1H3,(H,11,13). The van der Waals surface area contributed by atoms with E-state index in [0.29, 0.717) is 5.69 Å². The molecule has 0 aliphatic carbocycles. The van der Waals surface area contributed by atoms with Crippen molar-refractivity contribution < 1.29 is 13.2 Å². The van der Waals surface area contributed by atoms with Crippen LogP contribution in [0.15, 0.2) is 24.3 Å². The Kier molecular flexibility index (Phi) is 2.47. The van der Waals surface area contributed by atoms with Gasteiger partial charge in [-0.05, 0) is 24.3 Å². The number of benzene rings is 1. The van der Waals surface area contributed by atoms with Gasteiger partial charge in [-0.1, -0.05) is 0 Å². The number of carbonyl (C=O) groups is 1. The van der Waals surface area contributed by atoms with Gasteiger partial charge >= 0.3 is 10.2 Å². The third-order valence-electron chi connectivity index (χ3n) is 2.26. The van der Waals surface area contributed by atoms with Crippen LogP contribution in [-0.2, 0) is 15.0 Å². The number of anilines is 2. The second-order valence-corrected chi connectivity index (χ2v) is 4.93. The van der Waals surface area contributed by atoms with Gasteiger partial charge in [-0.3, -0.25) is 4.79 Å². The summed E-state index contributed by atoms with van der Waals surface area (Å²) in [4.78, 5) is 11.0. The van der Waals surface area contributed by atoms with Gasteiger partial charge in [0.05, 0.1) is 5.69 Å². The molecule has 1 saturated heterocycles. The maximum atomic E-state index is 11.5. The van der Waals surface area contributed by atoms with Crippen LogP contribution in [0.1, 0.15) is 0 Å². The van der Waals surface area contributed by atoms with Crippen molar-refractivity contribution in [3.8, 4) is 0 Å². The molecule has 0 saturated carbocycles. The Morgan fingerprint density at radius 1 is 1.31 bits per heavy atom. The fourth-order valence-corrected chi connectivity index (χ4v) is 2.62. The highest BCUT2D eigenvalue weighted by molar-refractivity contribution is 7.92. The van der Waals surface area contributed by atoms with Crippen molar-refractivity contribution in [2.45, 2.75) is 0 Å². The molecule has 1 aliphatic heterocycles. The topological polar surface area (TPSA) is 78.5 Å². The zero-order valence-corrected chi connectivity index (χ0v) is 9.41. The van der Waals surface area contributed by atoms with E-state index < -0.39 is 16.1 Å². The van der Waals surface area contributed by atoms with Crippen LogP contribution >= 0.6 is 0 Å². The lowest BCUT2D eigenvalue weighted by atomic mass is 10.3. The van der Waals surface area contributed by atoms with Gasteiger partial charge in [0.25, 0.3) is 5.91 Å². The second-order valence-electron chi connectivity index (χ2n) is 3.33. The van der Waals surface area contributed by atoms with Gasteiger partial charge in [0.2, 0.25) is 0 Å². The molecule has 0 bridgehead atoms. The molecule has 2 N–H and O–H groups in total. The molecule has 16 heavy (non-hydrogen) atoms. The third kappa shape index (κ3) is 1.81. The van der Waals surface area contributed by atoms with Gasteiger partial charge < -0.3 is 5.32 Å². The largest absolute Gasteiger partial charge is 0.388 e. The normalized spacial score (nSPS) is 18.3. The number of rotatable bonds is 2. The lowest BCUT2D eigenvalue weighted by Crippen LogP contribution is -2.29. The second kappa shape index (κ2) is 3.67. The van der Waals surface area contributed by atoms with Crippen molar-refractivity contribution in [1.29, 1.82) is 0 Å². The summed E-state index contributed by atoms with van der Waals surface area (Å²) >= 11 is 0. The highest BCUT2D eigenvalue weighted by atomic mass is 32.2. The van der Waals surface area contributed by atoms with Crippen LogP contribution in [0.3, 0.4) is 0 Å². The summed E-state index contributed by atoms with van der Waals surface area (Å²) in [6.45, 7) is -0.165. The Labute approximate surface area is 93.4 Å². The van der Waals surface area contributed by atoms with Crippen LogP contribution in [0.25, 0.3) is 0 Å². The highest BCUT2D eigenvalue weighted by Crippen LogP contribution is 2.21. The van der Waals surface area contributed by atoms with Crippen molar-refractivity contribution in [1.82, 2.24) is 4.72 Å². The summed E-state index contributed by atoms with van der Waals surface area (Å²) < 4.78 is 26.0. The van der Waals surface area contributed by atoms with Crippen molar-refractivity contribution in [3.05, 3.63) is 24.3 Å². The van der Waals surface area contributed by atoms with Crippen LogP contribution in [0.4, 0.5) is 11.4 Å². The number of hydrogen-bond acceptors (Lipinski definition) is 4. The molecule has 2 rings (SSSR count). The van der Waals surface area contributed by atoms with Crippen LogP contribution in [-0.4, -0.2) is 27.9 Å². The summed E-state index contributed by atoms with van der Waals surface area (Å²) in [7, 11) is -1.92. The van der Waals surface area contributed by atoms with E-state index in [-0.39, 0.29) is 6.54 Å². The molecule has 1 aromatic carbocycles. The molecule has 0 unspecified atom stereocenters. The maximum absolute atomic E-state index is 11.5. The molecule has 0 aromatic heterocycles. The Morgan fingerprint density at radius 2 is 1.94 bits per heavy atom. The van der Waals surface area contributed by atoms with E-state index in [1.807, 2.05) is 4.72 Å². The number of hydrogen-bond donors (Lipinski definition) is 2. The molecule has 1 fully saturated rings. The Bertz CT molecular complexity index is 509. The van der Waals surface area contributed by atoms with E-state index in [9.17, 15) is 13.2 Å². The van der Waals surface area contributed by atoms with E-state index in [4.69, 9.17) is 0 Å². The number of amides is 1. The molecule has 0 spiro atoms. The average molecular weight is 241 g/mol. The summed E-state index contributed by atoms with van der Waals surface area (Å²) in [6.07, 6.45) is 0. The predicted molar refractivity (Wildman–Crippen MR) is 60.4 cm³/mol. The fourth-order valence-electron chi connectivity index (χ4n) is 1.47. The van der Waals surface area contributed by atoms with E-state index in [1.165, 1.54) is 0 Å². The first kappa shape index (κ1) is 10.7. The maximum Gasteiger partial charge on any atom is 0.326 e. The third-order valence-corrected chi connectivity index (χ3v) is 3.67. The molecule has 6 nitrogen and oxygen atoms in total. The summed E-state index contributed by atoms with van der Waals surface area (Å²) in [5.41, 5.74) is 1.34. The lowest BCUT2D eigenvalue weighted by Gasteiger charge is -2.14. The molecule has 0 atom stereocenters. The van der Waals surface area contributed by atoms with Gasteiger partial charge in [0, 0.05) is 12.7 Å². The van der Waals surface area contributed by atoms with Crippen molar-refractivity contribution in [2.75, 3.05) is 23.2 Å². The fraction of sp³-hybridized carbons (Fsp3) is 0.222. The Balaban J connectivity index is 2.34. The van der Waals surface area contributed by atoms with E-state index in [0.717, 1.165) is 9.99 Å². The van der Waals surface area contributed by atoms with Gasteiger partial charge in [-0.15, -0.1) is 0 Å². The van der Waals surface area contributed by atoms with Crippen molar-refractivity contribution in [3.63, 3.8) is 0 Å². The molecular formula is C9H11N3O3S. The quantitative estimate of drug-likeness (QED) is 0.758. The minimum Gasteiger partial charge on any atom is -0.388 e.